The lowest BCUT2D eigenvalue weighted by atomic mass is 9.72. The van der Waals surface area contributed by atoms with Gasteiger partial charge in [-0.1, -0.05) is 24.3 Å². The Morgan fingerprint density at radius 2 is 1.81 bits per heavy atom. The molecular weight excluding hydrogens is 503 g/mol. The van der Waals surface area contributed by atoms with Crippen LogP contribution in [0.5, 0.6) is 0 Å². The SMILES string of the molecule is CCNC(=NCC1(c2ccccc2C)CCOCC1)N1CCC(N2CCOCC2)C1.I. The van der Waals surface area contributed by atoms with Gasteiger partial charge in [-0.3, -0.25) is 9.89 Å². The summed E-state index contributed by atoms with van der Waals surface area (Å²) in [6, 6.07) is 9.45. The van der Waals surface area contributed by atoms with E-state index in [1.54, 1.807) is 0 Å². The van der Waals surface area contributed by atoms with E-state index in [9.17, 15) is 0 Å². The summed E-state index contributed by atoms with van der Waals surface area (Å²) in [7, 11) is 0. The summed E-state index contributed by atoms with van der Waals surface area (Å²) in [5.74, 6) is 1.08. The molecule has 174 valence electrons. The second kappa shape index (κ2) is 11.8. The molecule has 1 atom stereocenters. The molecule has 6 nitrogen and oxygen atoms in total. The first-order valence-corrected chi connectivity index (χ1v) is 11.7. The Morgan fingerprint density at radius 3 is 2.52 bits per heavy atom. The number of likely N-dealkylation sites (tertiary alicyclic amines) is 1. The fourth-order valence-electron chi connectivity index (χ4n) is 5.27. The maximum Gasteiger partial charge on any atom is 0.193 e. The van der Waals surface area contributed by atoms with Crippen LogP contribution in [-0.2, 0) is 14.9 Å². The number of ether oxygens (including phenoxy) is 2. The first-order valence-electron chi connectivity index (χ1n) is 11.7. The van der Waals surface area contributed by atoms with Crippen LogP contribution in [0.25, 0.3) is 0 Å². The standard InChI is InChI=1S/C24H38N4O2.HI/c1-3-25-23(28-11-8-21(18-28)27-12-16-30-17-13-27)26-19-24(9-14-29-15-10-24)22-7-5-4-6-20(22)2;/h4-7,21H,3,8-19H2,1-2H3,(H,25,26);1H. The van der Waals surface area contributed by atoms with Gasteiger partial charge in [-0.05, 0) is 44.2 Å². The van der Waals surface area contributed by atoms with E-state index < -0.39 is 0 Å². The topological polar surface area (TPSA) is 49.3 Å². The van der Waals surface area contributed by atoms with E-state index in [4.69, 9.17) is 14.5 Å². The van der Waals surface area contributed by atoms with Gasteiger partial charge in [0.15, 0.2) is 5.96 Å². The maximum absolute atomic E-state index is 5.73. The minimum Gasteiger partial charge on any atom is -0.381 e. The first kappa shape index (κ1) is 24.7. The fraction of sp³-hybridized carbons (Fsp3) is 0.708. The zero-order valence-corrected chi connectivity index (χ0v) is 21.5. The summed E-state index contributed by atoms with van der Waals surface area (Å²) in [6.07, 6.45) is 3.29. The molecule has 1 unspecified atom stereocenters. The van der Waals surface area contributed by atoms with Gasteiger partial charge in [0, 0.05) is 57.4 Å². The third-order valence-corrected chi connectivity index (χ3v) is 7.06. The lowest BCUT2D eigenvalue weighted by molar-refractivity contribution is 0.0194. The van der Waals surface area contributed by atoms with Gasteiger partial charge in [-0.2, -0.15) is 0 Å². The molecule has 0 bridgehead atoms. The van der Waals surface area contributed by atoms with Crippen molar-refractivity contribution in [2.24, 2.45) is 4.99 Å². The molecule has 0 amide bonds. The number of nitrogens with one attached hydrogen (secondary N) is 1. The Hall–Kier alpha value is -0.900. The summed E-state index contributed by atoms with van der Waals surface area (Å²) >= 11 is 0. The van der Waals surface area contributed by atoms with Crippen LogP contribution in [0.2, 0.25) is 0 Å². The van der Waals surface area contributed by atoms with Crippen molar-refractivity contribution in [3.8, 4) is 0 Å². The van der Waals surface area contributed by atoms with Gasteiger partial charge in [0.25, 0.3) is 0 Å². The number of aryl methyl sites for hydroxylation is 1. The number of guanidine groups is 1. The summed E-state index contributed by atoms with van der Waals surface area (Å²) in [4.78, 5) is 10.3. The van der Waals surface area contributed by atoms with Crippen LogP contribution in [0.1, 0.15) is 37.3 Å². The summed E-state index contributed by atoms with van der Waals surface area (Å²) < 4.78 is 11.3. The molecule has 31 heavy (non-hydrogen) atoms. The molecule has 4 rings (SSSR count). The van der Waals surface area contributed by atoms with Gasteiger partial charge in [0.2, 0.25) is 0 Å². The van der Waals surface area contributed by atoms with Crippen LogP contribution in [0.3, 0.4) is 0 Å². The molecule has 3 aliphatic rings. The highest BCUT2D eigenvalue weighted by molar-refractivity contribution is 14.0. The van der Waals surface area contributed by atoms with Crippen molar-refractivity contribution < 1.29 is 9.47 Å². The molecule has 1 aromatic rings. The third-order valence-electron chi connectivity index (χ3n) is 7.06. The van der Waals surface area contributed by atoms with E-state index in [0.29, 0.717) is 6.04 Å². The Kier molecular flexibility index (Phi) is 9.43. The number of hydrogen-bond donors (Lipinski definition) is 1. The quantitative estimate of drug-likeness (QED) is 0.352. The van der Waals surface area contributed by atoms with E-state index in [-0.39, 0.29) is 29.4 Å². The lowest BCUT2D eigenvalue weighted by Crippen LogP contribution is -2.47. The molecule has 0 radical (unpaired) electrons. The Bertz CT molecular complexity index is 717. The monoisotopic (exact) mass is 542 g/mol. The van der Waals surface area contributed by atoms with E-state index >= 15 is 0 Å². The van der Waals surface area contributed by atoms with Gasteiger partial charge >= 0.3 is 0 Å². The lowest BCUT2D eigenvalue weighted by Gasteiger charge is -2.38. The van der Waals surface area contributed by atoms with Crippen LogP contribution in [0.15, 0.2) is 29.3 Å². The average Bonchev–Trinajstić information content (AvgIpc) is 3.28. The largest absolute Gasteiger partial charge is 0.381 e. The molecule has 3 heterocycles. The van der Waals surface area contributed by atoms with E-state index in [2.05, 4.69) is 53.2 Å². The number of aliphatic imine (C=N–C) groups is 1. The van der Waals surface area contributed by atoms with Crippen molar-refractivity contribution in [3.63, 3.8) is 0 Å². The maximum atomic E-state index is 5.73. The van der Waals surface area contributed by atoms with Crippen molar-refractivity contribution >= 4 is 29.9 Å². The molecule has 3 fully saturated rings. The first-order chi connectivity index (χ1) is 14.7. The van der Waals surface area contributed by atoms with Crippen LogP contribution in [0, 0.1) is 6.92 Å². The number of morpholine rings is 1. The summed E-state index contributed by atoms with van der Waals surface area (Å²) in [5.41, 5.74) is 2.89. The van der Waals surface area contributed by atoms with Crippen molar-refractivity contribution in [2.75, 3.05) is 65.7 Å². The van der Waals surface area contributed by atoms with Gasteiger partial charge in [0.05, 0.1) is 19.8 Å². The molecule has 3 aliphatic heterocycles. The van der Waals surface area contributed by atoms with Crippen molar-refractivity contribution in [3.05, 3.63) is 35.4 Å². The van der Waals surface area contributed by atoms with E-state index in [1.165, 1.54) is 17.5 Å². The fourth-order valence-corrected chi connectivity index (χ4v) is 5.27. The Balaban J connectivity index is 0.00000272. The normalized spacial score (nSPS) is 24.6. The van der Waals surface area contributed by atoms with Crippen LogP contribution < -0.4 is 5.32 Å². The van der Waals surface area contributed by atoms with Gasteiger partial charge in [0.1, 0.15) is 0 Å². The minimum absolute atomic E-state index is 0. The van der Waals surface area contributed by atoms with Crippen LogP contribution in [0.4, 0.5) is 0 Å². The van der Waals surface area contributed by atoms with Gasteiger partial charge < -0.3 is 19.7 Å². The van der Waals surface area contributed by atoms with Crippen LogP contribution in [-0.4, -0.2) is 87.5 Å². The van der Waals surface area contributed by atoms with Crippen LogP contribution >= 0.6 is 24.0 Å². The minimum atomic E-state index is 0. The number of halogens is 1. The number of rotatable bonds is 5. The second-order valence-corrected chi connectivity index (χ2v) is 8.91. The Morgan fingerprint density at radius 1 is 1.10 bits per heavy atom. The highest BCUT2D eigenvalue weighted by atomic mass is 127. The molecule has 0 saturated carbocycles. The predicted octanol–water partition coefficient (Wildman–Crippen LogP) is 3.03. The molecule has 0 spiro atoms. The zero-order chi connectivity index (χ0) is 20.8. The zero-order valence-electron chi connectivity index (χ0n) is 19.1. The predicted molar refractivity (Wildman–Crippen MR) is 137 cm³/mol. The number of nitrogens with zero attached hydrogens (tertiary/aromatic N) is 3. The van der Waals surface area contributed by atoms with Gasteiger partial charge in [-0.25, -0.2) is 0 Å². The number of benzene rings is 1. The highest BCUT2D eigenvalue weighted by Crippen LogP contribution is 2.37. The summed E-state index contributed by atoms with van der Waals surface area (Å²) in [6.45, 7) is 13.8. The summed E-state index contributed by atoms with van der Waals surface area (Å²) in [5, 5.41) is 3.57. The van der Waals surface area contributed by atoms with Crippen molar-refractivity contribution in [1.29, 1.82) is 0 Å². The molecule has 1 aromatic carbocycles. The molecule has 7 heteroatoms. The van der Waals surface area contributed by atoms with E-state index in [1.807, 2.05) is 0 Å². The Labute approximate surface area is 204 Å². The average molecular weight is 543 g/mol. The van der Waals surface area contributed by atoms with Crippen molar-refractivity contribution in [2.45, 2.75) is 44.6 Å². The van der Waals surface area contributed by atoms with Crippen molar-refractivity contribution in [1.82, 2.24) is 15.1 Å². The second-order valence-electron chi connectivity index (χ2n) is 8.91. The highest BCUT2D eigenvalue weighted by Gasteiger charge is 2.36. The molecule has 1 N–H and O–H groups in total. The molecule has 0 aliphatic carbocycles. The smallest absolute Gasteiger partial charge is 0.193 e. The third kappa shape index (κ3) is 5.92. The molecular formula is C24H39IN4O2. The molecule has 3 saturated heterocycles. The van der Waals surface area contributed by atoms with E-state index in [0.717, 1.165) is 84.5 Å². The van der Waals surface area contributed by atoms with Gasteiger partial charge in [-0.15, -0.1) is 24.0 Å². The molecule has 0 aromatic heterocycles. The number of hydrogen-bond acceptors (Lipinski definition) is 4.